The minimum Gasteiger partial charge on any atom is -0.336 e. The van der Waals surface area contributed by atoms with Crippen molar-refractivity contribution >= 4 is 29.5 Å². The number of benzene rings is 2. The number of nitrogens with zero attached hydrogens (tertiary/aromatic N) is 4. The van der Waals surface area contributed by atoms with Crippen molar-refractivity contribution in [1.29, 1.82) is 0 Å². The van der Waals surface area contributed by atoms with E-state index >= 15 is 0 Å². The lowest BCUT2D eigenvalue weighted by Gasteiger charge is -2.39. The molecule has 1 atom stereocenters. The van der Waals surface area contributed by atoms with E-state index in [1.807, 2.05) is 23.8 Å². The van der Waals surface area contributed by atoms with Gasteiger partial charge in [-0.25, -0.2) is 4.39 Å². The predicted molar refractivity (Wildman–Crippen MR) is 137 cm³/mol. The third-order valence-electron chi connectivity index (χ3n) is 6.76. The molecule has 4 rings (SSSR count). The molecule has 2 aromatic rings. The van der Waals surface area contributed by atoms with Crippen LogP contribution in [0.3, 0.4) is 0 Å². The number of rotatable bonds is 5. The van der Waals surface area contributed by atoms with E-state index in [1.165, 1.54) is 12.1 Å². The SMILES string of the molecule is CC1CN(Cc2ccc(F)cc2)CCN1C(=O)C=Cc1ccc(Cl)cc1C(=O)N1CCN(C)CC1. The lowest BCUT2D eigenvalue weighted by molar-refractivity contribution is -0.130. The Kier molecular flexibility index (Phi) is 8.21. The van der Waals surface area contributed by atoms with Crippen LogP contribution in [-0.2, 0) is 11.3 Å². The second kappa shape index (κ2) is 11.3. The molecule has 186 valence electrons. The molecule has 0 aliphatic carbocycles. The number of likely N-dealkylation sites (N-methyl/N-ethyl adjacent to an activating group) is 1. The average Bonchev–Trinajstić information content (AvgIpc) is 2.84. The highest BCUT2D eigenvalue weighted by atomic mass is 35.5. The van der Waals surface area contributed by atoms with Crippen molar-refractivity contribution in [3.63, 3.8) is 0 Å². The molecule has 6 nitrogen and oxygen atoms in total. The highest BCUT2D eigenvalue weighted by Crippen LogP contribution is 2.21. The van der Waals surface area contributed by atoms with Crippen molar-refractivity contribution in [2.45, 2.75) is 19.5 Å². The van der Waals surface area contributed by atoms with E-state index in [0.29, 0.717) is 35.8 Å². The Morgan fingerprint density at radius 3 is 2.43 bits per heavy atom. The van der Waals surface area contributed by atoms with Gasteiger partial charge in [-0.1, -0.05) is 29.8 Å². The van der Waals surface area contributed by atoms with Gasteiger partial charge in [0.1, 0.15) is 5.82 Å². The van der Waals surface area contributed by atoms with Gasteiger partial charge in [0.2, 0.25) is 5.91 Å². The number of carbonyl (C=O) groups is 2. The van der Waals surface area contributed by atoms with Crippen LogP contribution < -0.4 is 0 Å². The maximum Gasteiger partial charge on any atom is 0.254 e. The van der Waals surface area contributed by atoms with Crippen molar-refractivity contribution in [3.05, 3.63) is 76.1 Å². The zero-order chi connectivity index (χ0) is 24.9. The summed E-state index contributed by atoms with van der Waals surface area (Å²) in [6, 6.07) is 11.8. The largest absolute Gasteiger partial charge is 0.336 e. The molecule has 1 unspecified atom stereocenters. The number of carbonyl (C=O) groups excluding carboxylic acids is 2. The molecule has 8 heteroatoms. The molecule has 2 heterocycles. The molecule has 0 N–H and O–H groups in total. The molecule has 0 spiro atoms. The number of piperazine rings is 2. The Bertz CT molecular complexity index is 1080. The van der Waals surface area contributed by atoms with E-state index in [2.05, 4.69) is 9.80 Å². The highest BCUT2D eigenvalue weighted by Gasteiger charge is 2.27. The summed E-state index contributed by atoms with van der Waals surface area (Å²) < 4.78 is 13.2. The van der Waals surface area contributed by atoms with Gasteiger partial charge in [-0.3, -0.25) is 14.5 Å². The van der Waals surface area contributed by atoms with E-state index in [-0.39, 0.29) is 23.7 Å². The summed E-state index contributed by atoms with van der Waals surface area (Å²) in [6.07, 6.45) is 3.27. The average molecular weight is 499 g/mol. The van der Waals surface area contributed by atoms with E-state index in [4.69, 9.17) is 11.6 Å². The molecule has 35 heavy (non-hydrogen) atoms. The molecule has 0 bridgehead atoms. The Balaban J connectivity index is 1.39. The van der Waals surface area contributed by atoms with E-state index in [0.717, 1.165) is 38.3 Å². The van der Waals surface area contributed by atoms with Crippen LogP contribution in [0.2, 0.25) is 5.02 Å². The fraction of sp³-hybridized carbons (Fsp3) is 0.407. The fourth-order valence-electron chi connectivity index (χ4n) is 4.65. The summed E-state index contributed by atoms with van der Waals surface area (Å²) in [5, 5.41) is 0.497. The molecule has 2 saturated heterocycles. The summed E-state index contributed by atoms with van der Waals surface area (Å²) >= 11 is 6.20. The van der Waals surface area contributed by atoms with Crippen LogP contribution in [0.25, 0.3) is 6.08 Å². The van der Waals surface area contributed by atoms with Crippen LogP contribution in [0.5, 0.6) is 0 Å². The molecule has 2 aliphatic rings. The topological polar surface area (TPSA) is 47.1 Å². The summed E-state index contributed by atoms with van der Waals surface area (Å²) in [5.74, 6) is -0.374. The lowest BCUT2D eigenvalue weighted by atomic mass is 10.0. The lowest BCUT2D eigenvalue weighted by Crippen LogP contribution is -2.53. The van der Waals surface area contributed by atoms with Crippen LogP contribution in [0.1, 0.15) is 28.4 Å². The molecule has 2 aliphatic heterocycles. The van der Waals surface area contributed by atoms with E-state index in [9.17, 15) is 14.0 Å². The quantitative estimate of drug-likeness (QED) is 0.591. The van der Waals surface area contributed by atoms with Gasteiger partial charge in [-0.15, -0.1) is 0 Å². The number of amides is 2. The van der Waals surface area contributed by atoms with Crippen molar-refractivity contribution in [1.82, 2.24) is 19.6 Å². The summed E-state index contributed by atoms with van der Waals surface area (Å²) in [7, 11) is 2.05. The molecule has 2 fully saturated rings. The Labute approximate surface area is 211 Å². The molecular formula is C27H32ClFN4O2. The minimum atomic E-state index is -0.238. The van der Waals surface area contributed by atoms with Gasteiger partial charge in [0.05, 0.1) is 0 Å². The van der Waals surface area contributed by atoms with Crippen molar-refractivity contribution in [3.8, 4) is 0 Å². The summed E-state index contributed by atoms with van der Waals surface area (Å²) in [4.78, 5) is 34.4. The van der Waals surface area contributed by atoms with Gasteiger partial charge in [0.15, 0.2) is 0 Å². The number of halogens is 2. The van der Waals surface area contributed by atoms with Crippen LogP contribution in [0.4, 0.5) is 4.39 Å². The minimum absolute atomic E-state index is 0.0398. The molecule has 2 aromatic carbocycles. The fourth-order valence-corrected chi connectivity index (χ4v) is 4.82. The predicted octanol–water partition coefficient (Wildman–Crippen LogP) is 3.61. The first-order valence-corrected chi connectivity index (χ1v) is 12.4. The third-order valence-corrected chi connectivity index (χ3v) is 6.99. The van der Waals surface area contributed by atoms with Gasteiger partial charge in [0.25, 0.3) is 5.91 Å². The smallest absolute Gasteiger partial charge is 0.254 e. The molecular weight excluding hydrogens is 467 g/mol. The number of hydrogen-bond acceptors (Lipinski definition) is 4. The molecule has 0 saturated carbocycles. The van der Waals surface area contributed by atoms with Crippen molar-refractivity contribution in [2.75, 3.05) is 52.9 Å². The van der Waals surface area contributed by atoms with Crippen LogP contribution in [-0.4, -0.2) is 90.3 Å². The zero-order valence-electron chi connectivity index (χ0n) is 20.3. The second-order valence-electron chi connectivity index (χ2n) is 9.40. The van der Waals surface area contributed by atoms with Gasteiger partial charge in [0, 0.05) is 75.1 Å². The summed E-state index contributed by atoms with van der Waals surface area (Å²) in [5.41, 5.74) is 2.26. The van der Waals surface area contributed by atoms with E-state index in [1.54, 1.807) is 42.5 Å². The Morgan fingerprint density at radius 2 is 1.74 bits per heavy atom. The maximum absolute atomic E-state index is 13.2. The first-order chi connectivity index (χ1) is 16.8. The first-order valence-electron chi connectivity index (χ1n) is 12.0. The van der Waals surface area contributed by atoms with Gasteiger partial charge in [-0.05, 0) is 55.4 Å². The zero-order valence-corrected chi connectivity index (χ0v) is 21.0. The highest BCUT2D eigenvalue weighted by molar-refractivity contribution is 6.31. The first kappa shape index (κ1) is 25.4. The van der Waals surface area contributed by atoms with Crippen molar-refractivity contribution in [2.24, 2.45) is 0 Å². The second-order valence-corrected chi connectivity index (χ2v) is 9.84. The van der Waals surface area contributed by atoms with Crippen LogP contribution in [0, 0.1) is 5.82 Å². The van der Waals surface area contributed by atoms with Gasteiger partial charge in [-0.2, -0.15) is 0 Å². The third kappa shape index (κ3) is 6.48. The van der Waals surface area contributed by atoms with Crippen molar-refractivity contribution < 1.29 is 14.0 Å². The Morgan fingerprint density at radius 1 is 1.03 bits per heavy atom. The standard InChI is InChI=1S/C27H32ClFN4O2/c1-20-18-31(19-21-3-8-24(29)9-4-21)13-16-33(20)26(34)10-6-22-5-7-23(28)17-25(22)27(35)32-14-11-30(2)12-15-32/h3-10,17,20H,11-16,18-19H2,1-2H3. The maximum atomic E-state index is 13.2. The molecule has 0 radical (unpaired) electrons. The summed E-state index contributed by atoms with van der Waals surface area (Å²) in [6.45, 7) is 7.87. The van der Waals surface area contributed by atoms with Crippen LogP contribution >= 0.6 is 11.6 Å². The van der Waals surface area contributed by atoms with E-state index < -0.39 is 0 Å². The van der Waals surface area contributed by atoms with Gasteiger partial charge < -0.3 is 14.7 Å². The van der Waals surface area contributed by atoms with Crippen LogP contribution in [0.15, 0.2) is 48.5 Å². The Hall–Kier alpha value is -2.74. The monoisotopic (exact) mass is 498 g/mol. The normalized spacial score (nSPS) is 19.9. The molecule has 2 amide bonds. The number of hydrogen-bond donors (Lipinski definition) is 0. The van der Waals surface area contributed by atoms with Gasteiger partial charge >= 0.3 is 0 Å². The molecule has 0 aromatic heterocycles.